The highest BCUT2D eigenvalue weighted by molar-refractivity contribution is 9.11. The molecule has 0 spiro atoms. The number of aromatic hydroxyl groups is 1. The molecule has 2 N–H and O–H groups in total. The maximum Gasteiger partial charge on any atom is 0.338 e. The molecule has 1 aliphatic rings. The summed E-state index contributed by atoms with van der Waals surface area (Å²) in [7, 11) is 0. The molecule has 0 unspecified atom stereocenters. The van der Waals surface area contributed by atoms with Gasteiger partial charge in [0.05, 0.1) is 27.2 Å². The van der Waals surface area contributed by atoms with E-state index in [9.17, 15) is 14.7 Å². The highest BCUT2D eigenvalue weighted by atomic mass is 79.9. The molecule has 1 heterocycles. The van der Waals surface area contributed by atoms with Gasteiger partial charge in [0.25, 0.3) is 5.91 Å². The van der Waals surface area contributed by atoms with E-state index in [2.05, 4.69) is 31.9 Å². The second-order valence-electron chi connectivity index (χ2n) is 5.65. The van der Waals surface area contributed by atoms with Crippen LogP contribution in [0.4, 0.5) is 5.69 Å². The van der Waals surface area contributed by atoms with Crippen molar-refractivity contribution in [3.63, 3.8) is 0 Å². The summed E-state index contributed by atoms with van der Waals surface area (Å²) in [6.07, 6.45) is 1.54. The van der Waals surface area contributed by atoms with Crippen LogP contribution in [0.2, 0.25) is 0 Å². The Balaban J connectivity index is 1.89. The van der Waals surface area contributed by atoms with E-state index in [-0.39, 0.29) is 23.4 Å². The van der Waals surface area contributed by atoms with Crippen LogP contribution in [0.1, 0.15) is 22.8 Å². The third kappa shape index (κ3) is 4.16. The molecule has 1 fully saturated rings. The topological polar surface area (TPSA) is 90.7 Å². The zero-order chi connectivity index (χ0) is 20.4. The van der Waals surface area contributed by atoms with Crippen molar-refractivity contribution in [3.8, 4) is 5.75 Å². The van der Waals surface area contributed by atoms with E-state index in [1.54, 1.807) is 49.4 Å². The van der Waals surface area contributed by atoms with Gasteiger partial charge in [0.2, 0.25) is 0 Å². The molecule has 9 heteroatoms. The van der Waals surface area contributed by atoms with Crippen molar-refractivity contribution in [3.05, 3.63) is 61.4 Å². The van der Waals surface area contributed by atoms with Gasteiger partial charge in [0, 0.05) is 10.0 Å². The van der Waals surface area contributed by atoms with Gasteiger partial charge >= 0.3 is 5.97 Å². The number of carbonyl (C=O) groups is 2. The summed E-state index contributed by atoms with van der Waals surface area (Å²) in [5, 5.41) is 18.4. The molecule has 3 rings (SSSR count). The largest absolute Gasteiger partial charge is 0.506 e. The summed E-state index contributed by atoms with van der Waals surface area (Å²) >= 11 is 7.61. The van der Waals surface area contributed by atoms with Crippen LogP contribution in [0.15, 0.2) is 50.2 Å². The number of nitrogens with zero attached hydrogens (tertiary/aromatic N) is 1. The number of esters is 1. The molecular formula is C19H14Br2N2O4S. The number of anilines is 1. The lowest BCUT2D eigenvalue weighted by molar-refractivity contribution is -0.113. The number of benzene rings is 2. The molecule has 0 aliphatic carbocycles. The number of rotatable bonds is 4. The Labute approximate surface area is 182 Å². The Bertz CT molecular complexity index is 1010. The predicted octanol–water partition coefficient (Wildman–Crippen LogP) is 5.15. The number of amides is 1. The Morgan fingerprint density at radius 1 is 1.29 bits per heavy atom. The quantitative estimate of drug-likeness (QED) is 0.425. The normalized spacial score (nSPS) is 15.4. The van der Waals surface area contributed by atoms with Crippen LogP contribution in [0.25, 0.3) is 6.08 Å². The number of phenolic OH excluding ortho intramolecular Hbond substituents is 1. The molecule has 1 amide bonds. The van der Waals surface area contributed by atoms with Crippen molar-refractivity contribution in [1.29, 1.82) is 5.41 Å². The van der Waals surface area contributed by atoms with Gasteiger partial charge in [-0.2, -0.15) is 0 Å². The standard InChI is InChI=1S/C19H14Br2N2O4S/c1-2-27-18(26)10-3-5-13(6-4-10)23-17(25)15(28-19(23)22)8-11-7-12(20)9-14(21)16(11)24/h3-9,22,24H,2H2,1H3/b15-8-,22-19?. The van der Waals surface area contributed by atoms with Crippen LogP contribution < -0.4 is 4.90 Å². The summed E-state index contributed by atoms with van der Waals surface area (Å²) in [6.45, 7) is 2.00. The predicted molar refractivity (Wildman–Crippen MR) is 117 cm³/mol. The average molecular weight is 526 g/mol. The molecule has 2 aromatic rings. The van der Waals surface area contributed by atoms with Gasteiger partial charge in [-0.25, -0.2) is 4.79 Å². The lowest BCUT2D eigenvalue weighted by Gasteiger charge is -2.14. The number of ether oxygens (including phenoxy) is 1. The first-order valence-corrected chi connectivity index (χ1v) is 10.5. The number of thioether (sulfide) groups is 1. The number of hydrogen-bond acceptors (Lipinski definition) is 6. The average Bonchev–Trinajstić information content (AvgIpc) is 2.93. The zero-order valence-corrected chi connectivity index (χ0v) is 18.5. The minimum atomic E-state index is -0.442. The highest BCUT2D eigenvalue weighted by Crippen LogP contribution is 2.38. The van der Waals surface area contributed by atoms with Gasteiger partial charge < -0.3 is 9.84 Å². The molecule has 0 saturated carbocycles. The number of halogens is 2. The molecule has 1 saturated heterocycles. The third-order valence-corrected chi connectivity index (χ3v) is 5.76. The van der Waals surface area contributed by atoms with E-state index in [4.69, 9.17) is 10.1 Å². The molecule has 0 aromatic heterocycles. The molecule has 0 atom stereocenters. The van der Waals surface area contributed by atoms with Gasteiger partial charge in [-0.15, -0.1) is 0 Å². The second kappa shape index (κ2) is 8.50. The minimum absolute atomic E-state index is 0.00729. The molecule has 2 aromatic carbocycles. The van der Waals surface area contributed by atoms with Crippen molar-refractivity contribution in [2.75, 3.05) is 11.5 Å². The lowest BCUT2D eigenvalue weighted by atomic mass is 10.1. The van der Waals surface area contributed by atoms with Crippen LogP contribution in [0, 0.1) is 5.41 Å². The maximum atomic E-state index is 12.8. The Hall–Kier alpha value is -2.10. The van der Waals surface area contributed by atoms with Crippen molar-refractivity contribution in [2.45, 2.75) is 6.92 Å². The fraction of sp³-hybridized carbons (Fsp3) is 0.105. The van der Waals surface area contributed by atoms with Crippen LogP contribution in [-0.2, 0) is 9.53 Å². The number of nitrogens with one attached hydrogen (secondary N) is 1. The van der Waals surface area contributed by atoms with Crippen molar-refractivity contribution < 1.29 is 19.4 Å². The molecule has 28 heavy (non-hydrogen) atoms. The lowest BCUT2D eigenvalue weighted by Crippen LogP contribution is -2.28. The highest BCUT2D eigenvalue weighted by Gasteiger charge is 2.33. The summed E-state index contributed by atoms with van der Waals surface area (Å²) < 4.78 is 6.17. The number of phenols is 1. The summed E-state index contributed by atoms with van der Waals surface area (Å²) in [4.78, 5) is 26.1. The number of amidine groups is 1. The Kier molecular flexibility index (Phi) is 6.26. The zero-order valence-electron chi connectivity index (χ0n) is 14.5. The number of hydrogen-bond donors (Lipinski definition) is 2. The number of carbonyl (C=O) groups excluding carboxylic acids is 2. The van der Waals surface area contributed by atoms with Crippen LogP contribution in [0.3, 0.4) is 0 Å². The monoisotopic (exact) mass is 524 g/mol. The van der Waals surface area contributed by atoms with Gasteiger partial charge in [-0.3, -0.25) is 15.1 Å². The second-order valence-corrected chi connectivity index (χ2v) is 8.45. The van der Waals surface area contributed by atoms with E-state index < -0.39 is 5.97 Å². The van der Waals surface area contributed by atoms with Gasteiger partial charge in [0.1, 0.15) is 5.75 Å². The van der Waals surface area contributed by atoms with Crippen molar-refractivity contribution in [1.82, 2.24) is 0 Å². The van der Waals surface area contributed by atoms with Gasteiger partial charge in [-0.1, -0.05) is 15.9 Å². The first-order valence-electron chi connectivity index (χ1n) is 8.09. The molecule has 144 valence electrons. The fourth-order valence-corrected chi connectivity index (χ4v) is 4.63. The molecule has 0 bridgehead atoms. The molecule has 6 nitrogen and oxygen atoms in total. The first-order chi connectivity index (χ1) is 13.3. The summed E-state index contributed by atoms with van der Waals surface area (Å²) in [5.74, 6) is -0.815. The van der Waals surface area contributed by atoms with Crippen molar-refractivity contribution >= 4 is 72.4 Å². The van der Waals surface area contributed by atoms with Crippen molar-refractivity contribution in [2.24, 2.45) is 0 Å². The Morgan fingerprint density at radius 3 is 2.61 bits per heavy atom. The maximum absolute atomic E-state index is 12.8. The Morgan fingerprint density at radius 2 is 1.96 bits per heavy atom. The van der Waals surface area contributed by atoms with E-state index >= 15 is 0 Å². The van der Waals surface area contributed by atoms with E-state index in [0.717, 1.165) is 16.2 Å². The third-order valence-electron chi connectivity index (χ3n) is 3.80. The van der Waals surface area contributed by atoms with Gasteiger partial charge in [-0.05, 0) is 77.1 Å². The van der Waals surface area contributed by atoms with E-state index in [1.165, 1.54) is 4.90 Å². The summed E-state index contributed by atoms with van der Waals surface area (Å²) in [6, 6.07) is 9.67. The molecular weight excluding hydrogens is 512 g/mol. The van der Waals surface area contributed by atoms with Crippen LogP contribution in [0.5, 0.6) is 5.75 Å². The van der Waals surface area contributed by atoms with Crippen LogP contribution >= 0.6 is 43.6 Å². The minimum Gasteiger partial charge on any atom is -0.506 e. The SMILES string of the molecule is CCOC(=O)c1ccc(N2C(=N)S/C(=C\c3cc(Br)cc(Br)c3O)C2=O)cc1. The van der Waals surface area contributed by atoms with Crippen LogP contribution in [-0.4, -0.2) is 28.8 Å². The van der Waals surface area contributed by atoms with E-state index in [0.29, 0.717) is 26.2 Å². The first kappa shape index (κ1) is 20.6. The van der Waals surface area contributed by atoms with Gasteiger partial charge in [0.15, 0.2) is 5.17 Å². The smallest absolute Gasteiger partial charge is 0.338 e. The molecule has 0 radical (unpaired) electrons. The molecule has 1 aliphatic heterocycles. The summed E-state index contributed by atoms with van der Waals surface area (Å²) in [5.41, 5.74) is 1.29. The fourth-order valence-electron chi connectivity index (χ4n) is 2.52. The van der Waals surface area contributed by atoms with E-state index in [1.807, 2.05) is 0 Å².